The lowest BCUT2D eigenvalue weighted by atomic mass is 10.1. The van der Waals surface area contributed by atoms with Gasteiger partial charge in [0.1, 0.15) is 0 Å². The molecule has 0 saturated carbocycles. The van der Waals surface area contributed by atoms with Crippen LogP contribution in [0.5, 0.6) is 0 Å². The maximum absolute atomic E-state index is 5.45. The molecule has 3 heterocycles. The zero-order valence-corrected chi connectivity index (χ0v) is 11.3. The van der Waals surface area contributed by atoms with Crippen LogP contribution in [-0.2, 0) is 0 Å². The largest absolute Gasteiger partial charge is 0.329 e. The summed E-state index contributed by atoms with van der Waals surface area (Å²) < 4.78 is 2.61. The molecule has 0 radical (unpaired) electrons. The number of benzene rings is 1. The van der Waals surface area contributed by atoms with Gasteiger partial charge >= 0.3 is 0 Å². The summed E-state index contributed by atoms with van der Waals surface area (Å²) in [6.45, 7) is 0. The molecule has 0 aliphatic heterocycles. The van der Waals surface area contributed by atoms with Gasteiger partial charge in [-0.25, -0.2) is 4.98 Å². The molecular formula is C15H10N4S. The standard InChI is InChI=1S/C15H10N4S/c20-15-18-12-4-2-7-17-14(12)19(15)13-5-1-3-10-9-16-8-6-11(10)13/h1-9H,(H,18,20). The van der Waals surface area contributed by atoms with Crippen LogP contribution in [0.1, 0.15) is 0 Å². The van der Waals surface area contributed by atoms with Gasteiger partial charge in [0.2, 0.25) is 0 Å². The van der Waals surface area contributed by atoms with Gasteiger partial charge in [0.25, 0.3) is 0 Å². The monoisotopic (exact) mass is 278 g/mol. The van der Waals surface area contributed by atoms with Gasteiger partial charge in [0.05, 0.1) is 11.2 Å². The molecule has 20 heavy (non-hydrogen) atoms. The fourth-order valence-electron chi connectivity index (χ4n) is 2.46. The summed E-state index contributed by atoms with van der Waals surface area (Å²) in [6, 6.07) is 11.9. The predicted octanol–water partition coefficient (Wildman–Crippen LogP) is 3.63. The fraction of sp³-hybridized carbons (Fsp3) is 0. The molecule has 0 amide bonds. The second-order valence-corrected chi connectivity index (χ2v) is 4.90. The predicted molar refractivity (Wildman–Crippen MR) is 81.6 cm³/mol. The van der Waals surface area contributed by atoms with E-state index < -0.39 is 0 Å². The van der Waals surface area contributed by atoms with Crippen molar-refractivity contribution in [3.63, 3.8) is 0 Å². The van der Waals surface area contributed by atoms with E-state index in [1.165, 1.54) is 0 Å². The molecule has 0 aliphatic carbocycles. The first kappa shape index (κ1) is 11.3. The molecule has 4 aromatic rings. The minimum absolute atomic E-state index is 0.642. The van der Waals surface area contributed by atoms with Crippen LogP contribution in [0.4, 0.5) is 0 Å². The van der Waals surface area contributed by atoms with Crippen molar-refractivity contribution in [2.24, 2.45) is 0 Å². The van der Waals surface area contributed by atoms with Gasteiger partial charge in [0, 0.05) is 29.4 Å². The number of aromatic amines is 1. The first-order chi connectivity index (χ1) is 9.84. The fourth-order valence-corrected chi connectivity index (χ4v) is 2.76. The van der Waals surface area contributed by atoms with Gasteiger partial charge in [0.15, 0.2) is 10.4 Å². The van der Waals surface area contributed by atoms with Gasteiger partial charge in [-0.15, -0.1) is 0 Å². The molecule has 0 atom stereocenters. The molecule has 4 nitrogen and oxygen atoms in total. The SMILES string of the molecule is S=c1[nH]c2cccnc2n1-c1cccc2cnccc12. The van der Waals surface area contributed by atoms with Crippen molar-refractivity contribution in [2.75, 3.05) is 0 Å². The van der Waals surface area contributed by atoms with Crippen LogP contribution in [0, 0.1) is 4.77 Å². The minimum Gasteiger partial charge on any atom is -0.329 e. The van der Waals surface area contributed by atoms with Crippen molar-refractivity contribution < 1.29 is 0 Å². The summed E-state index contributed by atoms with van der Waals surface area (Å²) in [5, 5.41) is 2.18. The second kappa shape index (κ2) is 4.25. The van der Waals surface area contributed by atoms with Crippen molar-refractivity contribution in [2.45, 2.75) is 0 Å². The first-order valence-corrected chi connectivity index (χ1v) is 6.64. The van der Waals surface area contributed by atoms with E-state index in [1.54, 1.807) is 12.4 Å². The van der Waals surface area contributed by atoms with Crippen molar-refractivity contribution >= 4 is 34.2 Å². The molecule has 1 N–H and O–H groups in total. The number of imidazole rings is 1. The number of hydrogen-bond acceptors (Lipinski definition) is 3. The Morgan fingerprint density at radius 3 is 2.95 bits per heavy atom. The highest BCUT2D eigenvalue weighted by Crippen LogP contribution is 2.24. The van der Waals surface area contributed by atoms with E-state index in [1.807, 2.05) is 47.2 Å². The molecule has 0 bridgehead atoms. The molecule has 5 heteroatoms. The summed E-state index contributed by atoms with van der Waals surface area (Å²) in [7, 11) is 0. The summed E-state index contributed by atoms with van der Waals surface area (Å²) in [4.78, 5) is 11.8. The van der Waals surface area contributed by atoms with E-state index in [9.17, 15) is 0 Å². The number of fused-ring (bicyclic) bond motifs is 2. The Morgan fingerprint density at radius 2 is 2.00 bits per heavy atom. The Hall–Kier alpha value is -2.53. The van der Waals surface area contributed by atoms with Crippen LogP contribution < -0.4 is 0 Å². The van der Waals surface area contributed by atoms with Crippen molar-refractivity contribution in [3.05, 3.63) is 59.8 Å². The normalized spacial score (nSPS) is 11.2. The molecule has 0 fully saturated rings. The van der Waals surface area contributed by atoms with Crippen molar-refractivity contribution in [3.8, 4) is 5.69 Å². The molecule has 96 valence electrons. The highest BCUT2D eigenvalue weighted by Gasteiger charge is 2.09. The zero-order chi connectivity index (χ0) is 13.5. The van der Waals surface area contributed by atoms with Crippen LogP contribution in [0.2, 0.25) is 0 Å². The average Bonchev–Trinajstić information content (AvgIpc) is 2.82. The lowest BCUT2D eigenvalue weighted by Crippen LogP contribution is -1.96. The van der Waals surface area contributed by atoms with E-state index >= 15 is 0 Å². The number of aromatic nitrogens is 4. The van der Waals surface area contributed by atoms with Gasteiger partial charge < -0.3 is 4.98 Å². The number of pyridine rings is 2. The first-order valence-electron chi connectivity index (χ1n) is 6.23. The zero-order valence-electron chi connectivity index (χ0n) is 10.4. The highest BCUT2D eigenvalue weighted by atomic mass is 32.1. The van der Waals surface area contributed by atoms with Crippen molar-refractivity contribution in [1.29, 1.82) is 0 Å². The van der Waals surface area contributed by atoms with Gasteiger partial charge in [-0.3, -0.25) is 9.55 Å². The summed E-state index contributed by atoms with van der Waals surface area (Å²) >= 11 is 5.45. The summed E-state index contributed by atoms with van der Waals surface area (Å²) in [6.07, 6.45) is 5.41. The van der Waals surface area contributed by atoms with E-state index in [-0.39, 0.29) is 0 Å². The Bertz CT molecular complexity index is 978. The maximum atomic E-state index is 5.45. The van der Waals surface area contributed by atoms with Crippen LogP contribution >= 0.6 is 12.2 Å². The van der Waals surface area contributed by atoms with E-state index in [4.69, 9.17) is 12.2 Å². The maximum Gasteiger partial charge on any atom is 0.184 e. The quantitative estimate of drug-likeness (QED) is 0.541. The van der Waals surface area contributed by atoms with Crippen LogP contribution in [0.25, 0.3) is 27.6 Å². The third kappa shape index (κ3) is 1.57. The van der Waals surface area contributed by atoms with Gasteiger partial charge in [-0.05, 0) is 36.5 Å². The number of hydrogen-bond donors (Lipinski definition) is 1. The lowest BCUT2D eigenvalue weighted by Gasteiger charge is -2.07. The third-order valence-electron chi connectivity index (χ3n) is 3.34. The molecule has 0 aliphatic rings. The Balaban J connectivity index is 2.17. The number of nitrogens with zero attached hydrogens (tertiary/aromatic N) is 3. The number of rotatable bonds is 1. The van der Waals surface area contributed by atoms with E-state index in [0.29, 0.717) is 4.77 Å². The molecule has 0 saturated heterocycles. The second-order valence-electron chi connectivity index (χ2n) is 4.51. The lowest BCUT2D eigenvalue weighted by molar-refractivity contribution is 1.05. The Labute approximate surface area is 119 Å². The van der Waals surface area contributed by atoms with Gasteiger partial charge in [-0.1, -0.05) is 12.1 Å². The molecule has 1 aromatic carbocycles. The van der Waals surface area contributed by atoms with Crippen LogP contribution in [-0.4, -0.2) is 19.5 Å². The highest BCUT2D eigenvalue weighted by molar-refractivity contribution is 7.71. The van der Waals surface area contributed by atoms with Crippen molar-refractivity contribution in [1.82, 2.24) is 19.5 Å². The average molecular weight is 278 g/mol. The van der Waals surface area contributed by atoms with E-state index in [0.717, 1.165) is 27.6 Å². The topological polar surface area (TPSA) is 46.5 Å². The van der Waals surface area contributed by atoms with Crippen LogP contribution in [0.3, 0.4) is 0 Å². The molecule has 4 rings (SSSR count). The number of H-pyrrole nitrogens is 1. The molecular weight excluding hydrogens is 268 g/mol. The third-order valence-corrected chi connectivity index (χ3v) is 3.63. The molecule has 3 aromatic heterocycles. The Morgan fingerprint density at radius 1 is 1.05 bits per heavy atom. The molecule has 0 unspecified atom stereocenters. The smallest absolute Gasteiger partial charge is 0.184 e. The summed E-state index contributed by atoms with van der Waals surface area (Å²) in [5.41, 5.74) is 2.78. The molecule has 0 spiro atoms. The minimum atomic E-state index is 0.642. The number of nitrogens with one attached hydrogen (secondary N) is 1. The van der Waals surface area contributed by atoms with E-state index in [2.05, 4.69) is 15.0 Å². The van der Waals surface area contributed by atoms with Crippen LogP contribution in [0.15, 0.2) is 55.0 Å². The summed E-state index contributed by atoms with van der Waals surface area (Å²) in [5.74, 6) is 0. The van der Waals surface area contributed by atoms with Gasteiger partial charge in [-0.2, -0.15) is 0 Å². The Kier molecular flexibility index (Phi) is 2.40.